The summed E-state index contributed by atoms with van der Waals surface area (Å²) in [6.07, 6.45) is 1.76. The van der Waals surface area contributed by atoms with Gasteiger partial charge in [-0.15, -0.1) is 0 Å². The zero-order valence-electron chi connectivity index (χ0n) is 24.9. The van der Waals surface area contributed by atoms with Crippen LogP contribution in [0, 0.1) is 0 Å². The molecule has 0 fully saturated rings. The number of methoxy groups -OCH3 is 3. The number of carbonyl (C=O) groups excluding carboxylic acids is 1. The minimum Gasteiger partial charge on any atom is -0.497 e. The van der Waals surface area contributed by atoms with E-state index in [1.807, 2.05) is 30.3 Å². The van der Waals surface area contributed by atoms with E-state index in [1.54, 1.807) is 64.5 Å². The molecular formula is C33H31ClN2O7S. The molecule has 1 aliphatic rings. The van der Waals surface area contributed by atoms with E-state index in [-0.39, 0.29) is 24.3 Å². The zero-order valence-corrected chi connectivity index (χ0v) is 26.5. The molecule has 9 nitrogen and oxygen atoms in total. The number of hydrogen-bond donors (Lipinski definition) is 0. The van der Waals surface area contributed by atoms with E-state index in [0.717, 1.165) is 11.1 Å². The van der Waals surface area contributed by atoms with Crippen LogP contribution in [-0.2, 0) is 16.1 Å². The molecule has 4 aromatic rings. The molecular weight excluding hydrogens is 604 g/mol. The van der Waals surface area contributed by atoms with Crippen molar-refractivity contribution < 1.29 is 28.5 Å². The molecule has 0 saturated heterocycles. The Morgan fingerprint density at radius 2 is 1.77 bits per heavy atom. The molecule has 44 heavy (non-hydrogen) atoms. The Morgan fingerprint density at radius 1 is 1.00 bits per heavy atom. The lowest BCUT2D eigenvalue weighted by molar-refractivity contribution is -0.139. The van der Waals surface area contributed by atoms with E-state index >= 15 is 0 Å². The maximum absolute atomic E-state index is 14.0. The van der Waals surface area contributed by atoms with Crippen molar-refractivity contribution in [2.45, 2.75) is 26.5 Å². The molecule has 0 N–H and O–H groups in total. The van der Waals surface area contributed by atoms with Crippen LogP contribution < -0.4 is 33.8 Å². The summed E-state index contributed by atoms with van der Waals surface area (Å²) in [5.74, 6) is 1.51. The summed E-state index contributed by atoms with van der Waals surface area (Å²) in [7, 11) is 4.63. The number of benzene rings is 3. The quantitative estimate of drug-likeness (QED) is 0.225. The molecule has 3 aromatic carbocycles. The first-order valence-electron chi connectivity index (χ1n) is 13.7. The monoisotopic (exact) mass is 634 g/mol. The highest BCUT2D eigenvalue weighted by Gasteiger charge is 2.35. The molecule has 0 amide bonds. The average Bonchev–Trinajstić information content (AvgIpc) is 3.33. The lowest BCUT2D eigenvalue weighted by Crippen LogP contribution is -2.40. The number of carbonyl (C=O) groups is 1. The Labute approximate surface area is 263 Å². The second kappa shape index (κ2) is 13.4. The number of halogens is 1. The van der Waals surface area contributed by atoms with Crippen molar-refractivity contribution in [3.63, 3.8) is 0 Å². The smallest absolute Gasteiger partial charge is 0.338 e. The summed E-state index contributed by atoms with van der Waals surface area (Å²) < 4.78 is 30.0. The highest BCUT2D eigenvalue weighted by molar-refractivity contribution is 7.07. The van der Waals surface area contributed by atoms with Crippen LogP contribution in [0.2, 0.25) is 5.02 Å². The van der Waals surface area contributed by atoms with E-state index < -0.39 is 12.0 Å². The van der Waals surface area contributed by atoms with Gasteiger partial charge in [0.05, 0.1) is 43.7 Å². The van der Waals surface area contributed by atoms with Crippen LogP contribution in [0.1, 0.15) is 36.6 Å². The van der Waals surface area contributed by atoms with Gasteiger partial charge in [-0.25, -0.2) is 9.79 Å². The van der Waals surface area contributed by atoms with Gasteiger partial charge in [0, 0.05) is 22.2 Å². The minimum absolute atomic E-state index is 0.173. The van der Waals surface area contributed by atoms with Crippen molar-refractivity contribution >= 4 is 35.0 Å². The Kier molecular flexibility index (Phi) is 9.41. The van der Waals surface area contributed by atoms with Gasteiger partial charge in [-0.3, -0.25) is 9.36 Å². The SMILES string of the molecule is CCOC(=O)C1=C(C)N=c2s/c(=C\c3ccc(OCc4ccccc4Cl)c(OC)c3)c(=O)n2[C@H]1c1ccc(OC)cc1OC. The van der Waals surface area contributed by atoms with Gasteiger partial charge in [0.2, 0.25) is 0 Å². The highest BCUT2D eigenvalue weighted by Crippen LogP contribution is 2.37. The van der Waals surface area contributed by atoms with Crippen LogP contribution in [0.5, 0.6) is 23.0 Å². The molecule has 0 aliphatic carbocycles. The third-order valence-electron chi connectivity index (χ3n) is 7.08. The topological polar surface area (TPSA) is 97.6 Å². The fourth-order valence-electron chi connectivity index (χ4n) is 4.95. The van der Waals surface area contributed by atoms with Gasteiger partial charge in [-0.1, -0.05) is 47.2 Å². The van der Waals surface area contributed by atoms with Crippen molar-refractivity contribution in [3.05, 3.63) is 113 Å². The van der Waals surface area contributed by atoms with E-state index in [4.69, 9.17) is 35.3 Å². The summed E-state index contributed by atoms with van der Waals surface area (Å²) in [4.78, 5) is 32.4. The fourth-order valence-corrected chi connectivity index (χ4v) is 6.18. The van der Waals surface area contributed by atoms with Crippen LogP contribution in [0.4, 0.5) is 0 Å². The highest BCUT2D eigenvalue weighted by atomic mass is 35.5. The van der Waals surface area contributed by atoms with Gasteiger partial charge in [-0.2, -0.15) is 0 Å². The lowest BCUT2D eigenvalue weighted by Gasteiger charge is -2.26. The maximum atomic E-state index is 14.0. The Hall–Kier alpha value is -4.54. The predicted octanol–water partition coefficient (Wildman–Crippen LogP) is 5.06. The van der Waals surface area contributed by atoms with Gasteiger partial charge in [0.25, 0.3) is 5.56 Å². The molecule has 11 heteroatoms. The molecule has 1 aliphatic heterocycles. The minimum atomic E-state index is -0.830. The number of allylic oxidation sites excluding steroid dienone is 1. The van der Waals surface area contributed by atoms with E-state index in [1.165, 1.54) is 23.0 Å². The van der Waals surface area contributed by atoms with Crippen molar-refractivity contribution in [3.8, 4) is 23.0 Å². The molecule has 0 bridgehead atoms. The maximum Gasteiger partial charge on any atom is 0.338 e. The molecule has 0 saturated carbocycles. The fraction of sp³-hybridized carbons (Fsp3) is 0.242. The zero-order chi connectivity index (χ0) is 31.4. The second-order valence-electron chi connectivity index (χ2n) is 9.70. The third-order valence-corrected chi connectivity index (χ3v) is 8.43. The number of esters is 1. The lowest BCUT2D eigenvalue weighted by atomic mass is 9.95. The van der Waals surface area contributed by atoms with Gasteiger partial charge in [0.1, 0.15) is 24.1 Å². The largest absolute Gasteiger partial charge is 0.497 e. The first kappa shape index (κ1) is 30.9. The molecule has 2 heterocycles. The summed E-state index contributed by atoms with van der Waals surface area (Å²) >= 11 is 7.50. The summed E-state index contributed by atoms with van der Waals surface area (Å²) in [6, 6.07) is 17.3. The molecule has 1 atom stereocenters. The van der Waals surface area contributed by atoms with Crippen molar-refractivity contribution in [1.29, 1.82) is 0 Å². The average molecular weight is 635 g/mol. The number of aromatic nitrogens is 1. The Balaban J connectivity index is 1.59. The van der Waals surface area contributed by atoms with E-state index in [9.17, 15) is 9.59 Å². The molecule has 1 aromatic heterocycles. The first-order chi connectivity index (χ1) is 21.3. The Bertz CT molecular complexity index is 1930. The van der Waals surface area contributed by atoms with E-state index in [0.29, 0.717) is 48.6 Å². The van der Waals surface area contributed by atoms with Gasteiger partial charge in [-0.05, 0) is 55.8 Å². The number of fused-ring (bicyclic) bond motifs is 1. The number of thiazole rings is 1. The van der Waals surface area contributed by atoms with E-state index in [2.05, 4.69) is 4.99 Å². The number of hydrogen-bond acceptors (Lipinski definition) is 9. The van der Waals surface area contributed by atoms with Gasteiger partial charge >= 0.3 is 5.97 Å². The molecule has 0 spiro atoms. The third kappa shape index (κ3) is 6.09. The summed E-state index contributed by atoms with van der Waals surface area (Å²) in [6.45, 7) is 3.91. The normalized spacial score (nSPS) is 14.5. The van der Waals surface area contributed by atoms with Crippen molar-refractivity contribution in [2.24, 2.45) is 4.99 Å². The van der Waals surface area contributed by atoms with Gasteiger partial charge in [0.15, 0.2) is 16.3 Å². The summed E-state index contributed by atoms with van der Waals surface area (Å²) in [5.41, 5.74) is 2.57. The van der Waals surface area contributed by atoms with Crippen LogP contribution in [0.3, 0.4) is 0 Å². The predicted molar refractivity (Wildman–Crippen MR) is 169 cm³/mol. The van der Waals surface area contributed by atoms with Crippen LogP contribution in [-0.4, -0.2) is 38.5 Å². The molecule has 0 unspecified atom stereocenters. The van der Waals surface area contributed by atoms with Crippen molar-refractivity contribution in [1.82, 2.24) is 4.57 Å². The Morgan fingerprint density at radius 3 is 2.48 bits per heavy atom. The van der Waals surface area contributed by atoms with Crippen molar-refractivity contribution in [2.75, 3.05) is 27.9 Å². The standard InChI is InChI=1S/C33H31ClN2O7S/c1-6-42-32(38)29-19(2)35-33-36(30(29)23-13-12-22(39-3)17-26(23)40-4)31(37)28(44-33)16-20-11-14-25(27(15-20)41-5)43-18-21-9-7-8-10-24(21)34/h7-17,30H,6,18H2,1-5H3/b28-16-/t30-/m0/s1. The summed E-state index contributed by atoms with van der Waals surface area (Å²) in [5, 5.41) is 0.616. The second-order valence-corrected chi connectivity index (χ2v) is 11.1. The number of nitrogens with zero attached hydrogens (tertiary/aromatic N) is 2. The van der Waals surface area contributed by atoms with Crippen LogP contribution in [0.15, 0.2) is 81.7 Å². The van der Waals surface area contributed by atoms with Crippen LogP contribution in [0.25, 0.3) is 6.08 Å². The van der Waals surface area contributed by atoms with Crippen LogP contribution >= 0.6 is 22.9 Å². The number of ether oxygens (including phenoxy) is 5. The first-order valence-corrected chi connectivity index (χ1v) is 14.9. The number of rotatable bonds is 10. The molecule has 228 valence electrons. The molecule has 0 radical (unpaired) electrons. The van der Waals surface area contributed by atoms with Gasteiger partial charge < -0.3 is 23.7 Å². The molecule has 5 rings (SSSR count).